The molecular weight excluding hydrogens is 292 g/mol. The highest BCUT2D eigenvalue weighted by molar-refractivity contribution is 9.10. The van der Waals surface area contributed by atoms with E-state index in [4.69, 9.17) is 4.74 Å². The normalized spacial score (nSPS) is 15.3. The third-order valence-corrected chi connectivity index (χ3v) is 4.48. The second-order valence-electron chi connectivity index (χ2n) is 4.86. The lowest BCUT2D eigenvalue weighted by Gasteiger charge is -2.06. The van der Waals surface area contributed by atoms with Gasteiger partial charge in [-0.3, -0.25) is 0 Å². The van der Waals surface area contributed by atoms with Gasteiger partial charge in [-0.1, -0.05) is 0 Å². The van der Waals surface area contributed by atoms with Crippen LogP contribution in [-0.4, -0.2) is 17.7 Å². The first-order valence-electron chi connectivity index (χ1n) is 6.25. The Morgan fingerprint density at radius 1 is 1.44 bits per heavy atom. The monoisotopic (exact) mass is 308 g/mol. The molecule has 0 atom stereocenters. The van der Waals surface area contributed by atoms with Crippen molar-refractivity contribution in [3.63, 3.8) is 0 Å². The van der Waals surface area contributed by atoms with Crippen LogP contribution < -0.4 is 10.1 Å². The molecule has 1 aliphatic rings. The number of rotatable bonds is 4. The number of nitrogens with zero attached hydrogens (tertiary/aromatic N) is 1. The minimum absolute atomic E-state index is 0.726. The Morgan fingerprint density at radius 2 is 2.22 bits per heavy atom. The fourth-order valence-corrected chi connectivity index (χ4v) is 3.02. The molecule has 96 valence electrons. The largest absolute Gasteiger partial charge is 0.497 e. The summed E-state index contributed by atoms with van der Waals surface area (Å²) in [6.07, 6.45) is 2.63. The van der Waals surface area contributed by atoms with E-state index in [2.05, 4.69) is 45.0 Å². The Morgan fingerprint density at radius 3 is 2.89 bits per heavy atom. The van der Waals surface area contributed by atoms with Crippen molar-refractivity contribution in [2.24, 2.45) is 7.05 Å². The van der Waals surface area contributed by atoms with Crippen molar-refractivity contribution in [3.8, 4) is 5.75 Å². The third kappa shape index (κ3) is 2.04. The van der Waals surface area contributed by atoms with E-state index in [0.717, 1.165) is 18.3 Å². The van der Waals surface area contributed by atoms with Gasteiger partial charge in [0.05, 0.1) is 12.6 Å². The van der Waals surface area contributed by atoms with Gasteiger partial charge in [0, 0.05) is 41.3 Å². The predicted molar refractivity (Wildman–Crippen MR) is 77.0 cm³/mol. The van der Waals surface area contributed by atoms with Gasteiger partial charge in [0.2, 0.25) is 0 Å². The van der Waals surface area contributed by atoms with E-state index >= 15 is 0 Å². The summed E-state index contributed by atoms with van der Waals surface area (Å²) in [6, 6.07) is 6.93. The topological polar surface area (TPSA) is 26.2 Å². The zero-order chi connectivity index (χ0) is 12.7. The van der Waals surface area contributed by atoms with Gasteiger partial charge >= 0.3 is 0 Å². The van der Waals surface area contributed by atoms with Crippen LogP contribution in [0.15, 0.2) is 22.7 Å². The van der Waals surface area contributed by atoms with Crippen molar-refractivity contribution in [1.82, 2.24) is 9.88 Å². The smallest absolute Gasteiger partial charge is 0.120 e. The quantitative estimate of drug-likeness (QED) is 0.938. The summed E-state index contributed by atoms with van der Waals surface area (Å²) in [4.78, 5) is 0. The lowest BCUT2D eigenvalue weighted by Crippen LogP contribution is -2.17. The predicted octanol–water partition coefficient (Wildman–Crippen LogP) is 3.20. The summed E-state index contributed by atoms with van der Waals surface area (Å²) in [5.74, 6) is 0.900. The summed E-state index contributed by atoms with van der Waals surface area (Å²) >= 11 is 3.72. The molecule has 1 aromatic heterocycles. The SMILES string of the molecule is COc1ccc2c(Br)c(CNC3CC3)n(C)c2c1. The Bertz CT molecular complexity index is 587. The highest BCUT2D eigenvalue weighted by Crippen LogP contribution is 2.33. The number of aromatic nitrogens is 1. The van der Waals surface area contributed by atoms with E-state index in [1.807, 2.05) is 6.07 Å². The molecule has 0 radical (unpaired) electrons. The van der Waals surface area contributed by atoms with Gasteiger partial charge in [0.25, 0.3) is 0 Å². The Balaban J connectivity index is 2.01. The average Bonchev–Trinajstić information content (AvgIpc) is 3.18. The van der Waals surface area contributed by atoms with Crippen LogP contribution in [0, 0.1) is 0 Å². The molecule has 0 unspecified atom stereocenters. The fourth-order valence-electron chi connectivity index (χ4n) is 2.27. The number of ether oxygens (including phenoxy) is 1. The van der Waals surface area contributed by atoms with Crippen molar-refractivity contribution in [1.29, 1.82) is 0 Å². The molecular formula is C14H17BrN2O. The molecule has 1 saturated carbocycles. The van der Waals surface area contributed by atoms with Crippen molar-refractivity contribution in [3.05, 3.63) is 28.4 Å². The maximum atomic E-state index is 5.29. The lowest BCUT2D eigenvalue weighted by molar-refractivity contribution is 0.415. The number of methoxy groups -OCH3 is 1. The van der Waals surface area contributed by atoms with Crippen molar-refractivity contribution in [2.75, 3.05) is 7.11 Å². The molecule has 1 aromatic carbocycles. The molecule has 18 heavy (non-hydrogen) atoms. The van der Waals surface area contributed by atoms with Gasteiger partial charge in [-0.25, -0.2) is 0 Å². The minimum atomic E-state index is 0.726. The number of nitrogens with one attached hydrogen (secondary N) is 1. The van der Waals surface area contributed by atoms with Gasteiger partial charge < -0.3 is 14.6 Å². The van der Waals surface area contributed by atoms with Crippen LogP contribution in [0.5, 0.6) is 5.75 Å². The highest BCUT2D eigenvalue weighted by Gasteiger charge is 2.22. The zero-order valence-corrected chi connectivity index (χ0v) is 12.3. The van der Waals surface area contributed by atoms with E-state index in [-0.39, 0.29) is 0 Å². The Kier molecular flexibility index (Phi) is 3.08. The molecule has 1 aliphatic carbocycles. The molecule has 3 rings (SSSR count). The van der Waals surface area contributed by atoms with E-state index in [0.29, 0.717) is 0 Å². The molecule has 4 heteroatoms. The number of fused-ring (bicyclic) bond motifs is 1. The third-order valence-electron chi connectivity index (χ3n) is 3.60. The molecule has 0 bridgehead atoms. The number of hydrogen-bond acceptors (Lipinski definition) is 2. The summed E-state index contributed by atoms with van der Waals surface area (Å²) in [7, 11) is 3.81. The summed E-state index contributed by atoms with van der Waals surface area (Å²) in [5, 5.41) is 4.80. The van der Waals surface area contributed by atoms with E-state index in [1.54, 1.807) is 7.11 Å². The van der Waals surface area contributed by atoms with Crippen LogP contribution >= 0.6 is 15.9 Å². The Labute approximate surface area is 115 Å². The zero-order valence-electron chi connectivity index (χ0n) is 10.7. The van der Waals surface area contributed by atoms with E-state index < -0.39 is 0 Å². The molecule has 3 nitrogen and oxygen atoms in total. The van der Waals surface area contributed by atoms with Gasteiger partial charge in [0.15, 0.2) is 0 Å². The number of aryl methyl sites for hydroxylation is 1. The van der Waals surface area contributed by atoms with Gasteiger partial charge in [-0.15, -0.1) is 0 Å². The maximum Gasteiger partial charge on any atom is 0.120 e. The number of halogens is 1. The number of hydrogen-bond donors (Lipinski definition) is 1. The molecule has 0 aliphatic heterocycles. The van der Waals surface area contributed by atoms with Gasteiger partial charge in [-0.2, -0.15) is 0 Å². The fraction of sp³-hybridized carbons (Fsp3) is 0.429. The molecule has 0 amide bonds. The van der Waals surface area contributed by atoms with Gasteiger partial charge in [-0.05, 0) is 40.9 Å². The van der Waals surface area contributed by atoms with Crippen molar-refractivity contribution >= 4 is 26.8 Å². The van der Waals surface area contributed by atoms with E-state index in [1.165, 1.54) is 33.9 Å². The number of benzene rings is 1. The van der Waals surface area contributed by atoms with Crippen LogP contribution in [0.2, 0.25) is 0 Å². The molecule has 1 heterocycles. The highest BCUT2D eigenvalue weighted by atomic mass is 79.9. The minimum Gasteiger partial charge on any atom is -0.497 e. The molecule has 1 N–H and O–H groups in total. The average molecular weight is 309 g/mol. The van der Waals surface area contributed by atoms with Crippen LogP contribution in [0.4, 0.5) is 0 Å². The maximum absolute atomic E-state index is 5.29. The summed E-state index contributed by atoms with van der Waals surface area (Å²) in [6.45, 7) is 0.915. The second kappa shape index (κ2) is 4.59. The molecule has 0 saturated heterocycles. The van der Waals surface area contributed by atoms with Crippen molar-refractivity contribution < 1.29 is 4.74 Å². The van der Waals surface area contributed by atoms with E-state index in [9.17, 15) is 0 Å². The first-order valence-corrected chi connectivity index (χ1v) is 7.04. The molecule has 2 aromatic rings. The van der Waals surface area contributed by atoms with Crippen LogP contribution in [0.1, 0.15) is 18.5 Å². The molecule has 1 fully saturated rings. The van der Waals surface area contributed by atoms with Gasteiger partial charge in [0.1, 0.15) is 5.75 Å². The Hall–Kier alpha value is -1.00. The van der Waals surface area contributed by atoms with Crippen LogP contribution in [-0.2, 0) is 13.6 Å². The second-order valence-corrected chi connectivity index (χ2v) is 5.65. The summed E-state index contributed by atoms with van der Waals surface area (Å²) in [5.41, 5.74) is 2.50. The standard InChI is InChI=1S/C14H17BrN2O/c1-17-12-7-10(18-2)5-6-11(12)14(15)13(17)8-16-9-3-4-9/h5-7,9,16H,3-4,8H2,1-2H3. The first kappa shape index (κ1) is 12.1. The first-order chi connectivity index (χ1) is 8.70. The lowest BCUT2D eigenvalue weighted by atomic mass is 10.2. The van der Waals surface area contributed by atoms with Crippen LogP contribution in [0.25, 0.3) is 10.9 Å². The molecule has 0 spiro atoms. The summed E-state index contributed by atoms with van der Waals surface area (Å²) < 4.78 is 8.71. The van der Waals surface area contributed by atoms with Crippen LogP contribution in [0.3, 0.4) is 0 Å². The van der Waals surface area contributed by atoms with Crippen molar-refractivity contribution in [2.45, 2.75) is 25.4 Å².